The molecular formula is C16H28N2O3. The van der Waals surface area contributed by atoms with E-state index in [1.54, 1.807) is 13.2 Å². The van der Waals surface area contributed by atoms with Gasteiger partial charge in [0.05, 0.1) is 19.3 Å². The van der Waals surface area contributed by atoms with Crippen LogP contribution in [-0.4, -0.2) is 60.7 Å². The summed E-state index contributed by atoms with van der Waals surface area (Å²) in [6, 6.07) is 4.14. The zero-order valence-electron chi connectivity index (χ0n) is 13.2. The highest BCUT2D eigenvalue weighted by atomic mass is 16.5. The van der Waals surface area contributed by atoms with Crippen molar-refractivity contribution in [1.82, 2.24) is 9.47 Å². The molecule has 1 aromatic heterocycles. The van der Waals surface area contributed by atoms with Crippen molar-refractivity contribution in [1.29, 1.82) is 0 Å². The number of hydrogen-bond acceptors (Lipinski definition) is 4. The van der Waals surface area contributed by atoms with Crippen LogP contribution in [-0.2, 0) is 23.1 Å². The Labute approximate surface area is 127 Å². The molecule has 1 aromatic rings. The molecule has 1 atom stereocenters. The average molecular weight is 296 g/mol. The smallest absolute Gasteiger partial charge is 0.0900 e. The summed E-state index contributed by atoms with van der Waals surface area (Å²) in [7, 11) is 3.74. The zero-order valence-corrected chi connectivity index (χ0v) is 13.2. The normalized spacial score (nSPS) is 12.8. The van der Waals surface area contributed by atoms with Crippen LogP contribution in [0.1, 0.15) is 12.1 Å². The van der Waals surface area contributed by atoms with E-state index in [0.29, 0.717) is 19.8 Å². The Balaban J connectivity index is 2.47. The lowest BCUT2D eigenvalue weighted by Crippen LogP contribution is -2.36. The van der Waals surface area contributed by atoms with E-state index in [0.717, 1.165) is 26.1 Å². The number of nitrogens with zero attached hydrogens (tertiary/aromatic N) is 2. The van der Waals surface area contributed by atoms with Crippen molar-refractivity contribution < 1.29 is 14.6 Å². The van der Waals surface area contributed by atoms with Gasteiger partial charge in [-0.25, -0.2) is 0 Å². The lowest BCUT2D eigenvalue weighted by molar-refractivity contribution is 0.0226. The second kappa shape index (κ2) is 10.6. The molecule has 1 unspecified atom stereocenters. The fourth-order valence-electron chi connectivity index (χ4n) is 2.20. The van der Waals surface area contributed by atoms with Crippen LogP contribution in [0.5, 0.6) is 0 Å². The fourth-order valence-corrected chi connectivity index (χ4v) is 2.20. The van der Waals surface area contributed by atoms with Gasteiger partial charge in [-0.1, -0.05) is 6.08 Å². The van der Waals surface area contributed by atoms with E-state index in [2.05, 4.69) is 22.1 Å². The van der Waals surface area contributed by atoms with Crippen LogP contribution in [0.4, 0.5) is 0 Å². The molecule has 0 saturated carbocycles. The summed E-state index contributed by atoms with van der Waals surface area (Å²) in [4.78, 5) is 2.23. The van der Waals surface area contributed by atoms with Gasteiger partial charge in [-0.2, -0.15) is 0 Å². The molecule has 0 aliphatic heterocycles. The Morgan fingerprint density at radius 1 is 1.52 bits per heavy atom. The molecule has 0 aromatic carbocycles. The molecule has 0 spiro atoms. The predicted octanol–water partition coefficient (Wildman–Crippen LogP) is 1.43. The first-order valence-corrected chi connectivity index (χ1v) is 7.35. The molecule has 0 aliphatic carbocycles. The Morgan fingerprint density at radius 3 is 2.95 bits per heavy atom. The average Bonchev–Trinajstić information content (AvgIpc) is 2.85. The second-order valence-corrected chi connectivity index (χ2v) is 5.17. The van der Waals surface area contributed by atoms with E-state index in [9.17, 15) is 5.11 Å². The lowest BCUT2D eigenvalue weighted by Gasteiger charge is -2.25. The van der Waals surface area contributed by atoms with Crippen LogP contribution in [0.15, 0.2) is 31.0 Å². The first-order chi connectivity index (χ1) is 10.2. The van der Waals surface area contributed by atoms with Crippen molar-refractivity contribution in [2.45, 2.75) is 19.1 Å². The van der Waals surface area contributed by atoms with Gasteiger partial charge in [-0.15, -0.1) is 6.58 Å². The summed E-state index contributed by atoms with van der Waals surface area (Å²) in [5, 5.41) is 10.1. The van der Waals surface area contributed by atoms with Gasteiger partial charge in [0.15, 0.2) is 0 Å². The van der Waals surface area contributed by atoms with Crippen LogP contribution in [0.25, 0.3) is 0 Å². The van der Waals surface area contributed by atoms with Gasteiger partial charge < -0.3 is 19.1 Å². The summed E-state index contributed by atoms with van der Waals surface area (Å²) < 4.78 is 12.5. The molecule has 0 radical (unpaired) electrons. The number of aliphatic hydroxyl groups excluding tert-OH is 1. The monoisotopic (exact) mass is 296 g/mol. The van der Waals surface area contributed by atoms with Crippen LogP contribution in [0.3, 0.4) is 0 Å². The molecule has 0 fully saturated rings. The highest BCUT2D eigenvalue weighted by molar-refractivity contribution is 5.06. The van der Waals surface area contributed by atoms with Crippen molar-refractivity contribution in [3.05, 3.63) is 36.7 Å². The maximum Gasteiger partial charge on any atom is 0.0900 e. The summed E-state index contributed by atoms with van der Waals surface area (Å²) in [6.07, 6.45) is 4.17. The molecule has 1 rings (SSSR count). The van der Waals surface area contributed by atoms with Crippen LogP contribution < -0.4 is 0 Å². The molecule has 1 N–H and O–H groups in total. The highest BCUT2D eigenvalue weighted by Gasteiger charge is 2.13. The van der Waals surface area contributed by atoms with E-state index in [1.165, 1.54) is 5.69 Å². The molecular weight excluding hydrogens is 268 g/mol. The maximum atomic E-state index is 10.1. The van der Waals surface area contributed by atoms with Crippen LogP contribution in [0.2, 0.25) is 0 Å². The third-order valence-electron chi connectivity index (χ3n) is 3.27. The molecule has 120 valence electrons. The first kappa shape index (κ1) is 17.9. The van der Waals surface area contributed by atoms with Crippen LogP contribution in [0, 0.1) is 0 Å². The van der Waals surface area contributed by atoms with E-state index in [1.807, 2.05) is 19.3 Å². The van der Waals surface area contributed by atoms with Gasteiger partial charge in [0, 0.05) is 52.3 Å². The topological polar surface area (TPSA) is 46.9 Å². The quantitative estimate of drug-likeness (QED) is 0.468. The minimum atomic E-state index is -0.493. The van der Waals surface area contributed by atoms with Gasteiger partial charge in [0.25, 0.3) is 0 Å². The lowest BCUT2D eigenvalue weighted by atomic mass is 10.2. The molecule has 21 heavy (non-hydrogen) atoms. The minimum absolute atomic E-state index is 0.333. The Hall–Kier alpha value is -1.14. The number of rotatable bonds is 12. The number of hydrogen-bond donors (Lipinski definition) is 1. The van der Waals surface area contributed by atoms with Crippen molar-refractivity contribution in [2.75, 3.05) is 40.0 Å². The Bertz CT molecular complexity index is 393. The summed E-state index contributed by atoms with van der Waals surface area (Å²) in [6.45, 7) is 7.41. The standard InChI is InChI=1S/C16H28N2O3/c1-4-10-21-14-16(19)13-18(9-6-11-20-3)12-15-7-5-8-17(15)2/h4-5,7-8,16,19H,1,6,9-14H2,2-3H3. The largest absolute Gasteiger partial charge is 0.389 e. The molecule has 0 bridgehead atoms. The van der Waals surface area contributed by atoms with Crippen molar-refractivity contribution >= 4 is 0 Å². The van der Waals surface area contributed by atoms with Crippen molar-refractivity contribution in [3.8, 4) is 0 Å². The third kappa shape index (κ3) is 7.43. The van der Waals surface area contributed by atoms with Gasteiger partial charge in [-0.05, 0) is 18.6 Å². The van der Waals surface area contributed by atoms with E-state index >= 15 is 0 Å². The second-order valence-electron chi connectivity index (χ2n) is 5.17. The molecule has 1 heterocycles. The molecule has 0 amide bonds. The van der Waals surface area contributed by atoms with Crippen molar-refractivity contribution in [2.24, 2.45) is 7.05 Å². The summed E-state index contributed by atoms with van der Waals surface area (Å²) in [5.41, 5.74) is 1.23. The maximum absolute atomic E-state index is 10.1. The number of aliphatic hydroxyl groups is 1. The van der Waals surface area contributed by atoms with E-state index in [4.69, 9.17) is 9.47 Å². The first-order valence-electron chi connectivity index (χ1n) is 7.35. The Morgan fingerprint density at radius 2 is 2.33 bits per heavy atom. The van der Waals surface area contributed by atoms with Gasteiger partial charge in [0.2, 0.25) is 0 Å². The van der Waals surface area contributed by atoms with E-state index < -0.39 is 6.10 Å². The van der Waals surface area contributed by atoms with E-state index in [-0.39, 0.29) is 0 Å². The molecule has 5 heteroatoms. The summed E-state index contributed by atoms with van der Waals surface area (Å²) >= 11 is 0. The SMILES string of the molecule is C=CCOCC(O)CN(CCCOC)Cc1cccn1C. The molecule has 0 saturated heterocycles. The predicted molar refractivity (Wildman–Crippen MR) is 84.2 cm³/mol. The van der Waals surface area contributed by atoms with Gasteiger partial charge in [0.1, 0.15) is 0 Å². The minimum Gasteiger partial charge on any atom is -0.389 e. The van der Waals surface area contributed by atoms with Crippen molar-refractivity contribution in [3.63, 3.8) is 0 Å². The molecule has 0 aliphatic rings. The van der Waals surface area contributed by atoms with Gasteiger partial charge in [-0.3, -0.25) is 4.90 Å². The fraction of sp³-hybridized carbons (Fsp3) is 0.625. The van der Waals surface area contributed by atoms with Crippen LogP contribution >= 0.6 is 0 Å². The van der Waals surface area contributed by atoms with Gasteiger partial charge >= 0.3 is 0 Å². The summed E-state index contributed by atoms with van der Waals surface area (Å²) in [5.74, 6) is 0. The third-order valence-corrected chi connectivity index (χ3v) is 3.27. The Kier molecular flexibility index (Phi) is 9.01. The number of aryl methyl sites for hydroxylation is 1. The molecule has 5 nitrogen and oxygen atoms in total. The zero-order chi connectivity index (χ0) is 15.5. The number of ether oxygens (including phenoxy) is 2. The highest BCUT2D eigenvalue weighted by Crippen LogP contribution is 2.07. The number of aromatic nitrogens is 1. The number of methoxy groups -OCH3 is 1.